The first kappa shape index (κ1) is 19.3. The molecule has 0 saturated carbocycles. The van der Waals surface area contributed by atoms with Gasteiger partial charge >= 0.3 is 0 Å². The average Bonchev–Trinajstić information content (AvgIpc) is 3.43. The predicted molar refractivity (Wildman–Crippen MR) is 111 cm³/mol. The first-order valence-electron chi connectivity index (χ1n) is 8.89. The van der Waals surface area contributed by atoms with Gasteiger partial charge in [-0.3, -0.25) is 14.5 Å². The molecule has 9 heteroatoms. The number of rotatable bonds is 6. The molecule has 1 amide bonds. The Hall–Kier alpha value is -3.04. The van der Waals surface area contributed by atoms with Crippen LogP contribution in [0.4, 0.5) is 5.13 Å². The fourth-order valence-electron chi connectivity index (χ4n) is 3.21. The summed E-state index contributed by atoms with van der Waals surface area (Å²) in [6.45, 7) is 4.13. The summed E-state index contributed by atoms with van der Waals surface area (Å²) in [5.74, 6) is -1.02. The smallest absolute Gasteiger partial charge is 0.296 e. The minimum absolute atomic E-state index is 0.0268. The van der Waals surface area contributed by atoms with Crippen LogP contribution in [0.1, 0.15) is 33.2 Å². The van der Waals surface area contributed by atoms with Crippen LogP contribution >= 0.6 is 22.7 Å². The highest BCUT2D eigenvalue weighted by Gasteiger charge is 2.46. The number of amides is 1. The second-order valence-corrected chi connectivity index (χ2v) is 8.36. The standard InChI is InChI=1S/C20H17N3O4S2/c1-3-27-13-7-4-6-12(10-13)16-15(17(24)14-8-5-9-28-14)18(25)19(26)23(16)20-22-21-11(2)29-20/h4-10,16,25H,3H2,1-2H3/t16-/m1/s1. The van der Waals surface area contributed by atoms with E-state index < -0.39 is 17.7 Å². The molecule has 7 nitrogen and oxygen atoms in total. The number of thiophene rings is 1. The van der Waals surface area contributed by atoms with E-state index in [0.717, 1.165) is 0 Å². The molecule has 0 saturated heterocycles. The van der Waals surface area contributed by atoms with Gasteiger partial charge in [-0.1, -0.05) is 29.5 Å². The number of aliphatic hydroxyl groups excluding tert-OH is 1. The van der Waals surface area contributed by atoms with Gasteiger partial charge in [0.1, 0.15) is 10.8 Å². The quantitative estimate of drug-likeness (QED) is 0.596. The zero-order chi connectivity index (χ0) is 20.5. The molecule has 3 heterocycles. The van der Waals surface area contributed by atoms with Crippen LogP contribution in [0.5, 0.6) is 5.75 Å². The van der Waals surface area contributed by atoms with E-state index in [-0.39, 0.29) is 11.4 Å². The summed E-state index contributed by atoms with van der Waals surface area (Å²) in [6, 6.07) is 9.74. The number of hydrogen-bond donors (Lipinski definition) is 1. The van der Waals surface area contributed by atoms with E-state index in [0.29, 0.717) is 32.9 Å². The van der Waals surface area contributed by atoms with Gasteiger partial charge < -0.3 is 9.84 Å². The third-order valence-corrected chi connectivity index (χ3v) is 6.11. The molecule has 1 aliphatic heterocycles. The number of benzene rings is 1. The molecule has 3 aromatic rings. The Morgan fingerprint density at radius 1 is 1.28 bits per heavy atom. The lowest BCUT2D eigenvalue weighted by Gasteiger charge is -2.24. The van der Waals surface area contributed by atoms with Crippen LogP contribution in [0.25, 0.3) is 0 Å². The Kier molecular flexibility index (Phi) is 5.16. The summed E-state index contributed by atoms with van der Waals surface area (Å²) in [4.78, 5) is 27.9. The first-order chi connectivity index (χ1) is 14.0. The lowest BCUT2D eigenvalue weighted by molar-refractivity contribution is -0.117. The van der Waals surface area contributed by atoms with Gasteiger partial charge in [0.25, 0.3) is 5.91 Å². The van der Waals surface area contributed by atoms with Crippen molar-refractivity contribution in [2.75, 3.05) is 11.5 Å². The van der Waals surface area contributed by atoms with Crippen LogP contribution in [0.3, 0.4) is 0 Å². The van der Waals surface area contributed by atoms with Gasteiger partial charge in [-0.2, -0.15) is 0 Å². The van der Waals surface area contributed by atoms with E-state index in [1.165, 1.54) is 27.6 Å². The molecule has 0 spiro atoms. The van der Waals surface area contributed by atoms with E-state index in [1.807, 2.05) is 6.92 Å². The summed E-state index contributed by atoms with van der Waals surface area (Å²) in [6.07, 6.45) is 0. The van der Waals surface area contributed by atoms with Gasteiger partial charge in [0.2, 0.25) is 10.9 Å². The third kappa shape index (κ3) is 3.43. The average molecular weight is 428 g/mol. The Balaban J connectivity index is 1.87. The van der Waals surface area contributed by atoms with Gasteiger partial charge in [-0.05, 0) is 43.0 Å². The number of ketones is 1. The molecule has 0 unspecified atom stereocenters. The Morgan fingerprint density at radius 3 is 2.76 bits per heavy atom. The highest BCUT2D eigenvalue weighted by atomic mass is 32.1. The molecule has 0 aliphatic carbocycles. The zero-order valence-corrected chi connectivity index (χ0v) is 17.3. The molecule has 0 radical (unpaired) electrons. The maximum absolute atomic E-state index is 13.2. The number of Topliss-reactive ketones (excluding diaryl/α,β-unsaturated/α-hetero) is 1. The second-order valence-electron chi connectivity index (χ2n) is 6.26. The molecule has 1 aliphatic rings. The van der Waals surface area contributed by atoms with Crippen molar-refractivity contribution in [3.05, 3.63) is 68.6 Å². The van der Waals surface area contributed by atoms with Crippen LogP contribution in [-0.4, -0.2) is 33.6 Å². The van der Waals surface area contributed by atoms with E-state index in [4.69, 9.17) is 4.74 Å². The predicted octanol–water partition coefficient (Wildman–Crippen LogP) is 4.09. The zero-order valence-electron chi connectivity index (χ0n) is 15.7. The summed E-state index contributed by atoms with van der Waals surface area (Å²) < 4.78 is 5.58. The Bertz CT molecular complexity index is 1100. The van der Waals surface area contributed by atoms with Crippen LogP contribution in [0, 0.1) is 6.92 Å². The second kappa shape index (κ2) is 7.76. The molecule has 1 atom stereocenters. The number of aryl methyl sites for hydroxylation is 1. The number of aromatic nitrogens is 2. The Labute approximate surface area is 174 Å². The van der Waals surface area contributed by atoms with E-state index in [1.54, 1.807) is 48.7 Å². The Morgan fingerprint density at radius 2 is 2.10 bits per heavy atom. The molecule has 4 rings (SSSR count). The van der Waals surface area contributed by atoms with Gasteiger partial charge in [-0.15, -0.1) is 21.5 Å². The molecule has 29 heavy (non-hydrogen) atoms. The number of carbonyl (C=O) groups is 2. The highest BCUT2D eigenvalue weighted by Crippen LogP contribution is 2.43. The van der Waals surface area contributed by atoms with Crippen LogP contribution in [0.15, 0.2) is 53.1 Å². The number of ether oxygens (including phenoxy) is 1. The lowest BCUT2D eigenvalue weighted by atomic mass is 9.95. The topological polar surface area (TPSA) is 92.6 Å². The molecule has 1 N–H and O–H groups in total. The molecule has 148 valence electrons. The number of hydrogen-bond acceptors (Lipinski definition) is 8. The van der Waals surface area contributed by atoms with Gasteiger partial charge in [0, 0.05) is 0 Å². The minimum atomic E-state index is -0.829. The van der Waals surface area contributed by atoms with Crippen molar-refractivity contribution in [1.82, 2.24) is 10.2 Å². The molecular weight excluding hydrogens is 410 g/mol. The largest absolute Gasteiger partial charge is 0.503 e. The van der Waals surface area contributed by atoms with Crippen LogP contribution in [-0.2, 0) is 4.79 Å². The summed E-state index contributed by atoms with van der Waals surface area (Å²) in [5.41, 5.74) is 0.667. The number of nitrogens with zero attached hydrogens (tertiary/aromatic N) is 3. The van der Waals surface area contributed by atoms with Crippen molar-refractivity contribution in [1.29, 1.82) is 0 Å². The highest BCUT2D eigenvalue weighted by molar-refractivity contribution is 7.15. The van der Waals surface area contributed by atoms with Crippen molar-refractivity contribution >= 4 is 39.5 Å². The van der Waals surface area contributed by atoms with Crippen molar-refractivity contribution in [3.63, 3.8) is 0 Å². The minimum Gasteiger partial charge on any atom is -0.503 e. The van der Waals surface area contributed by atoms with Crippen molar-refractivity contribution in [2.24, 2.45) is 0 Å². The molecular formula is C20H17N3O4S2. The van der Waals surface area contributed by atoms with Crippen molar-refractivity contribution in [2.45, 2.75) is 19.9 Å². The van der Waals surface area contributed by atoms with Gasteiger partial charge in [0.15, 0.2) is 5.76 Å². The molecule has 1 aromatic carbocycles. The van der Waals surface area contributed by atoms with E-state index >= 15 is 0 Å². The normalized spacial score (nSPS) is 16.6. The number of aliphatic hydroxyl groups is 1. The monoisotopic (exact) mass is 427 g/mol. The lowest BCUT2D eigenvalue weighted by Crippen LogP contribution is -2.31. The van der Waals surface area contributed by atoms with Crippen molar-refractivity contribution < 1.29 is 19.4 Å². The molecule has 2 aromatic heterocycles. The summed E-state index contributed by atoms with van der Waals surface area (Å²) in [7, 11) is 0. The number of carbonyl (C=O) groups excluding carboxylic acids is 2. The van der Waals surface area contributed by atoms with E-state index in [2.05, 4.69) is 10.2 Å². The summed E-state index contributed by atoms with van der Waals surface area (Å²) in [5, 5.41) is 21.5. The fraction of sp³-hybridized carbons (Fsp3) is 0.200. The fourth-order valence-corrected chi connectivity index (χ4v) is 4.61. The molecule has 0 bridgehead atoms. The maximum Gasteiger partial charge on any atom is 0.296 e. The van der Waals surface area contributed by atoms with Crippen molar-refractivity contribution in [3.8, 4) is 5.75 Å². The maximum atomic E-state index is 13.2. The van der Waals surface area contributed by atoms with Crippen LogP contribution in [0.2, 0.25) is 0 Å². The SMILES string of the molecule is CCOc1cccc([C@@H]2C(C(=O)c3cccs3)=C(O)C(=O)N2c2nnc(C)s2)c1. The summed E-state index contributed by atoms with van der Waals surface area (Å²) >= 11 is 2.48. The van der Waals surface area contributed by atoms with Gasteiger partial charge in [-0.25, -0.2) is 0 Å². The van der Waals surface area contributed by atoms with Crippen LogP contribution < -0.4 is 9.64 Å². The number of anilines is 1. The third-order valence-electron chi connectivity index (χ3n) is 4.40. The van der Waals surface area contributed by atoms with E-state index in [9.17, 15) is 14.7 Å². The first-order valence-corrected chi connectivity index (χ1v) is 10.6. The van der Waals surface area contributed by atoms with Gasteiger partial charge in [0.05, 0.1) is 23.1 Å². The molecule has 0 fully saturated rings.